The Bertz CT molecular complexity index is 607. The molecule has 0 heterocycles. The first-order chi connectivity index (χ1) is 9.61. The van der Waals surface area contributed by atoms with Crippen LogP contribution in [0.25, 0.3) is 0 Å². The molecular weight excluding hydrogens is 250 g/mol. The molecule has 0 aromatic heterocycles. The Morgan fingerprint density at radius 3 is 2.50 bits per heavy atom. The summed E-state index contributed by atoms with van der Waals surface area (Å²) >= 11 is 0. The molecular formula is C17H19NO2. The van der Waals surface area contributed by atoms with Crippen LogP contribution in [0.1, 0.15) is 22.7 Å². The van der Waals surface area contributed by atoms with E-state index in [1.54, 1.807) is 0 Å². The van der Waals surface area contributed by atoms with Crippen LogP contribution in [0.5, 0.6) is 0 Å². The van der Waals surface area contributed by atoms with Crippen molar-refractivity contribution >= 4 is 11.7 Å². The lowest BCUT2D eigenvalue weighted by Crippen LogP contribution is -2.23. The van der Waals surface area contributed by atoms with Crippen LogP contribution in [0.2, 0.25) is 0 Å². The minimum atomic E-state index is -0.497. The van der Waals surface area contributed by atoms with Crippen LogP contribution in [-0.2, 0) is 9.53 Å². The van der Waals surface area contributed by atoms with Crippen LogP contribution in [0.15, 0.2) is 48.5 Å². The maximum absolute atomic E-state index is 12.1. The topological polar surface area (TPSA) is 38.3 Å². The number of ether oxygens (including phenoxy) is 1. The van der Waals surface area contributed by atoms with Crippen molar-refractivity contribution in [1.29, 1.82) is 0 Å². The number of hydrogen-bond donors (Lipinski definition) is 1. The van der Waals surface area contributed by atoms with Crippen molar-refractivity contribution in [1.82, 2.24) is 0 Å². The second kappa shape index (κ2) is 6.24. The summed E-state index contributed by atoms with van der Waals surface area (Å²) in [6.45, 7) is 4.01. The third-order valence-corrected chi connectivity index (χ3v) is 3.27. The van der Waals surface area contributed by atoms with Gasteiger partial charge in [0.15, 0.2) is 6.04 Å². The molecule has 0 bridgehead atoms. The molecule has 0 radical (unpaired) electrons. The average molecular weight is 269 g/mol. The number of methoxy groups -OCH3 is 1. The number of anilines is 1. The van der Waals surface area contributed by atoms with Crippen molar-refractivity contribution in [2.24, 2.45) is 0 Å². The highest BCUT2D eigenvalue weighted by molar-refractivity contribution is 5.81. The highest BCUT2D eigenvalue weighted by Gasteiger charge is 2.22. The molecule has 0 fully saturated rings. The fourth-order valence-electron chi connectivity index (χ4n) is 2.19. The number of hydrogen-bond acceptors (Lipinski definition) is 3. The predicted octanol–water partition coefficient (Wildman–Crippen LogP) is 3.63. The van der Waals surface area contributed by atoms with Gasteiger partial charge in [-0.25, -0.2) is 4.79 Å². The van der Waals surface area contributed by atoms with E-state index in [4.69, 9.17) is 4.74 Å². The number of nitrogens with one attached hydrogen (secondary N) is 1. The third kappa shape index (κ3) is 3.18. The second-order valence-electron chi connectivity index (χ2n) is 4.83. The molecule has 1 atom stereocenters. The van der Waals surface area contributed by atoms with E-state index >= 15 is 0 Å². The standard InChI is InChI=1S/C17H19NO2/c1-12-7-6-9-14(11-12)18-16(17(19)20-3)15-10-5-4-8-13(15)2/h4-11,16,18H,1-3H3. The van der Waals surface area contributed by atoms with Gasteiger partial charge in [-0.15, -0.1) is 0 Å². The van der Waals surface area contributed by atoms with Gasteiger partial charge >= 0.3 is 5.97 Å². The van der Waals surface area contributed by atoms with Crippen LogP contribution < -0.4 is 5.32 Å². The van der Waals surface area contributed by atoms with Gasteiger partial charge in [-0.2, -0.15) is 0 Å². The van der Waals surface area contributed by atoms with E-state index in [0.717, 1.165) is 22.4 Å². The molecule has 3 heteroatoms. The highest BCUT2D eigenvalue weighted by atomic mass is 16.5. The SMILES string of the molecule is COC(=O)C(Nc1cccc(C)c1)c1ccccc1C. The summed E-state index contributed by atoms with van der Waals surface area (Å²) < 4.78 is 4.92. The van der Waals surface area contributed by atoms with Gasteiger partial charge in [0.2, 0.25) is 0 Å². The van der Waals surface area contributed by atoms with Gasteiger partial charge in [0, 0.05) is 5.69 Å². The summed E-state index contributed by atoms with van der Waals surface area (Å²) in [7, 11) is 1.41. The number of benzene rings is 2. The van der Waals surface area contributed by atoms with Crippen molar-refractivity contribution in [3.8, 4) is 0 Å². The second-order valence-corrected chi connectivity index (χ2v) is 4.83. The molecule has 2 aromatic carbocycles. The first-order valence-electron chi connectivity index (χ1n) is 6.58. The molecule has 0 amide bonds. The molecule has 104 valence electrons. The number of aryl methyl sites for hydroxylation is 2. The first kappa shape index (κ1) is 14.1. The van der Waals surface area contributed by atoms with E-state index in [0.29, 0.717) is 0 Å². The van der Waals surface area contributed by atoms with Gasteiger partial charge in [0.25, 0.3) is 0 Å². The summed E-state index contributed by atoms with van der Waals surface area (Å²) in [5, 5.41) is 3.25. The Hall–Kier alpha value is -2.29. The predicted molar refractivity (Wildman–Crippen MR) is 80.7 cm³/mol. The van der Waals surface area contributed by atoms with Crippen LogP contribution in [-0.4, -0.2) is 13.1 Å². The van der Waals surface area contributed by atoms with Gasteiger partial charge in [-0.1, -0.05) is 36.4 Å². The van der Waals surface area contributed by atoms with Crippen molar-refractivity contribution < 1.29 is 9.53 Å². The fraction of sp³-hybridized carbons (Fsp3) is 0.235. The van der Waals surface area contributed by atoms with Crippen LogP contribution >= 0.6 is 0 Å². The molecule has 0 spiro atoms. The molecule has 0 aliphatic carbocycles. The Kier molecular flexibility index (Phi) is 4.41. The van der Waals surface area contributed by atoms with Crippen LogP contribution in [0, 0.1) is 13.8 Å². The maximum Gasteiger partial charge on any atom is 0.332 e. The number of esters is 1. The van der Waals surface area contributed by atoms with Crippen molar-refractivity contribution in [2.75, 3.05) is 12.4 Å². The molecule has 2 rings (SSSR count). The zero-order valence-electron chi connectivity index (χ0n) is 12.0. The molecule has 3 nitrogen and oxygen atoms in total. The van der Waals surface area contributed by atoms with Gasteiger partial charge in [-0.05, 0) is 42.7 Å². The van der Waals surface area contributed by atoms with E-state index in [1.807, 2.05) is 62.4 Å². The third-order valence-electron chi connectivity index (χ3n) is 3.27. The van der Waals surface area contributed by atoms with Crippen LogP contribution in [0.3, 0.4) is 0 Å². The summed E-state index contributed by atoms with van der Waals surface area (Å²) in [5.41, 5.74) is 4.04. The number of rotatable bonds is 4. The van der Waals surface area contributed by atoms with E-state index in [-0.39, 0.29) is 5.97 Å². The minimum absolute atomic E-state index is 0.291. The van der Waals surface area contributed by atoms with E-state index in [2.05, 4.69) is 5.32 Å². The Balaban J connectivity index is 2.34. The largest absolute Gasteiger partial charge is 0.467 e. The normalized spacial score (nSPS) is 11.8. The Morgan fingerprint density at radius 1 is 1.10 bits per heavy atom. The zero-order chi connectivity index (χ0) is 14.5. The maximum atomic E-state index is 12.1. The van der Waals surface area contributed by atoms with Gasteiger partial charge in [0.1, 0.15) is 0 Å². The molecule has 20 heavy (non-hydrogen) atoms. The summed E-state index contributed by atoms with van der Waals surface area (Å²) in [6.07, 6.45) is 0. The number of carbonyl (C=O) groups excluding carboxylic acids is 1. The Morgan fingerprint density at radius 2 is 1.85 bits per heavy atom. The highest BCUT2D eigenvalue weighted by Crippen LogP contribution is 2.24. The van der Waals surface area contributed by atoms with E-state index in [9.17, 15) is 4.79 Å². The Labute approximate surface area is 119 Å². The van der Waals surface area contributed by atoms with Crippen molar-refractivity contribution in [2.45, 2.75) is 19.9 Å². The minimum Gasteiger partial charge on any atom is -0.467 e. The van der Waals surface area contributed by atoms with Crippen molar-refractivity contribution in [3.05, 3.63) is 65.2 Å². The summed E-state index contributed by atoms with van der Waals surface area (Å²) in [4.78, 5) is 12.1. The van der Waals surface area contributed by atoms with Crippen molar-refractivity contribution in [3.63, 3.8) is 0 Å². The fourth-order valence-corrected chi connectivity index (χ4v) is 2.19. The van der Waals surface area contributed by atoms with Gasteiger partial charge < -0.3 is 10.1 Å². The summed E-state index contributed by atoms with van der Waals surface area (Å²) in [6, 6.07) is 15.3. The molecule has 0 saturated heterocycles. The molecule has 0 aliphatic rings. The quantitative estimate of drug-likeness (QED) is 0.861. The zero-order valence-corrected chi connectivity index (χ0v) is 12.0. The lowest BCUT2D eigenvalue weighted by Gasteiger charge is -2.20. The lowest BCUT2D eigenvalue weighted by atomic mass is 10.0. The summed E-state index contributed by atoms with van der Waals surface area (Å²) in [5.74, 6) is -0.291. The lowest BCUT2D eigenvalue weighted by molar-refractivity contribution is -0.141. The van der Waals surface area contributed by atoms with Gasteiger partial charge in [0.05, 0.1) is 7.11 Å². The van der Waals surface area contributed by atoms with Crippen LogP contribution in [0.4, 0.5) is 5.69 Å². The molecule has 0 saturated carbocycles. The average Bonchev–Trinajstić information content (AvgIpc) is 2.45. The first-order valence-corrected chi connectivity index (χ1v) is 6.58. The molecule has 0 aliphatic heterocycles. The monoisotopic (exact) mass is 269 g/mol. The van der Waals surface area contributed by atoms with E-state index in [1.165, 1.54) is 7.11 Å². The number of carbonyl (C=O) groups is 1. The van der Waals surface area contributed by atoms with Gasteiger partial charge in [-0.3, -0.25) is 0 Å². The smallest absolute Gasteiger partial charge is 0.332 e. The molecule has 1 unspecified atom stereocenters. The molecule has 2 aromatic rings. The molecule has 1 N–H and O–H groups in total. The van der Waals surface area contributed by atoms with E-state index < -0.39 is 6.04 Å².